The van der Waals surface area contributed by atoms with Crippen LogP contribution in [0.25, 0.3) is 0 Å². The first-order chi connectivity index (χ1) is 10.2. The fourth-order valence-electron chi connectivity index (χ4n) is 2.60. The van der Waals surface area contributed by atoms with Crippen LogP contribution in [0.4, 0.5) is 14.5 Å². The Bertz CT molecular complexity index is 593. The van der Waals surface area contributed by atoms with Gasteiger partial charge in [-0.25, -0.2) is 9.37 Å². The van der Waals surface area contributed by atoms with E-state index in [4.69, 9.17) is 0 Å². The number of hydrogen-bond donors (Lipinski definition) is 0. The van der Waals surface area contributed by atoms with Gasteiger partial charge in [-0.1, -0.05) is 12.1 Å². The summed E-state index contributed by atoms with van der Waals surface area (Å²) in [4.78, 5) is 8.06. The van der Waals surface area contributed by atoms with Gasteiger partial charge < -0.3 is 4.90 Å². The molecule has 1 aliphatic rings. The monoisotopic (exact) mass is 289 g/mol. The predicted molar refractivity (Wildman–Crippen MR) is 78.1 cm³/mol. The molecule has 2 heterocycles. The molecule has 2 aromatic rings. The Morgan fingerprint density at radius 3 is 2.33 bits per heavy atom. The normalized spacial score (nSPS) is 16.2. The summed E-state index contributed by atoms with van der Waals surface area (Å²) in [6.45, 7) is 4.33. The van der Waals surface area contributed by atoms with Gasteiger partial charge in [0.25, 0.3) is 0 Å². The van der Waals surface area contributed by atoms with Gasteiger partial charge in [-0.3, -0.25) is 4.90 Å². The van der Waals surface area contributed by atoms with Crippen LogP contribution in [0.1, 0.15) is 5.56 Å². The molecule has 1 aliphatic heterocycles. The first-order valence-corrected chi connectivity index (χ1v) is 7.04. The zero-order valence-electron chi connectivity index (χ0n) is 11.7. The first kappa shape index (κ1) is 13.9. The molecule has 0 radical (unpaired) electrons. The summed E-state index contributed by atoms with van der Waals surface area (Å²) in [6.07, 6.45) is 1.50. The van der Waals surface area contributed by atoms with Gasteiger partial charge in [-0.05, 0) is 23.8 Å². The summed E-state index contributed by atoms with van der Waals surface area (Å²) in [5, 5.41) is 0. The smallest absolute Gasteiger partial charge is 0.214 e. The van der Waals surface area contributed by atoms with Gasteiger partial charge in [0.05, 0.1) is 0 Å². The van der Waals surface area contributed by atoms with E-state index in [9.17, 15) is 8.78 Å². The number of pyridine rings is 1. The van der Waals surface area contributed by atoms with Crippen molar-refractivity contribution in [3.63, 3.8) is 0 Å². The molecule has 0 unspecified atom stereocenters. The second-order valence-corrected chi connectivity index (χ2v) is 5.23. The maximum Gasteiger partial charge on any atom is 0.214 e. The third kappa shape index (κ3) is 3.55. The van der Waals surface area contributed by atoms with Crippen molar-refractivity contribution < 1.29 is 8.78 Å². The summed E-state index contributed by atoms with van der Waals surface area (Å²) in [7, 11) is 0. The van der Waals surface area contributed by atoms with Crippen molar-refractivity contribution in [2.75, 3.05) is 31.1 Å². The number of aromatic nitrogens is 1. The van der Waals surface area contributed by atoms with Crippen molar-refractivity contribution in [3.05, 3.63) is 59.9 Å². The van der Waals surface area contributed by atoms with E-state index in [0.717, 1.165) is 44.0 Å². The van der Waals surface area contributed by atoms with E-state index in [0.29, 0.717) is 0 Å². The van der Waals surface area contributed by atoms with Gasteiger partial charge in [0.1, 0.15) is 5.82 Å². The van der Waals surface area contributed by atoms with Gasteiger partial charge in [-0.2, -0.15) is 4.39 Å². The SMILES string of the molecule is Fc1ccc(CN2CCN(c3ccnc(F)c3)CC2)cc1. The van der Waals surface area contributed by atoms with Crippen LogP contribution in [0.5, 0.6) is 0 Å². The highest BCUT2D eigenvalue weighted by Gasteiger charge is 2.17. The largest absolute Gasteiger partial charge is 0.369 e. The maximum absolute atomic E-state index is 13.1. The van der Waals surface area contributed by atoms with E-state index in [1.807, 2.05) is 18.2 Å². The average Bonchev–Trinajstić information content (AvgIpc) is 2.50. The Morgan fingerprint density at radius 1 is 0.952 bits per heavy atom. The molecule has 3 nitrogen and oxygen atoms in total. The van der Waals surface area contributed by atoms with Crippen LogP contribution < -0.4 is 4.90 Å². The molecular formula is C16H17F2N3. The molecule has 0 bridgehead atoms. The van der Waals surface area contributed by atoms with Gasteiger partial charge in [-0.15, -0.1) is 0 Å². The summed E-state index contributed by atoms with van der Waals surface area (Å²) >= 11 is 0. The molecule has 1 fully saturated rings. The zero-order chi connectivity index (χ0) is 14.7. The van der Waals surface area contributed by atoms with E-state index in [2.05, 4.69) is 14.8 Å². The predicted octanol–water partition coefficient (Wildman–Crippen LogP) is 2.68. The molecule has 1 aromatic carbocycles. The summed E-state index contributed by atoms with van der Waals surface area (Å²) in [5.41, 5.74) is 1.99. The Morgan fingerprint density at radius 2 is 1.67 bits per heavy atom. The molecule has 0 amide bonds. The van der Waals surface area contributed by atoms with E-state index >= 15 is 0 Å². The van der Waals surface area contributed by atoms with E-state index < -0.39 is 5.95 Å². The van der Waals surface area contributed by atoms with Gasteiger partial charge in [0.15, 0.2) is 0 Å². The van der Waals surface area contributed by atoms with Crippen molar-refractivity contribution in [1.82, 2.24) is 9.88 Å². The molecule has 0 aliphatic carbocycles. The number of anilines is 1. The zero-order valence-corrected chi connectivity index (χ0v) is 11.7. The van der Waals surface area contributed by atoms with Crippen LogP contribution in [0.2, 0.25) is 0 Å². The van der Waals surface area contributed by atoms with Gasteiger partial charge in [0, 0.05) is 50.7 Å². The van der Waals surface area contributed by atoms with Crippen molar-refractivity contribution >= 4 is 5.69 Å². The number of halogens is 2. The molecule has 0 N–H and O–H groups in total. The number of hydrogen-bond acceptors (Lipinski definition) is 3. The van der Waals surface area contributed by atoms with Crippen LogP contribution >= 0.6 is 0 Å². The summed E-state index contributed by atoms with van der Waals surface area (Å²) in [5.74, 6) is -0.649. The second kappa shape index (κ2) is 6.18. The standard InChI is InChI=1S/C16H17F2N3/c17-14-3-1-13(2-4-14)12-20-7-9-21(10-8-20)15-5-6-19-16(18)11-15/h1-6,11H,7-10,12H2. The Balaban J connectivity index is 1.56. The van der Waals surface area contributed by atoms with Crippen LogP contribution in [0.15, 0.2) is 42.6 Å². The molecule has 3 rings (SSSR count). The van der Waals surface area contributed by atoms with Crippen molar-refractivity contribution in [1.29, 1.82) is 0 Å². The number of nitrogens with zero attached hydrogens (tertiary/aromatic N) is 3. The highest BCUT2D eigenvalue weighted by molar-refractivity contribution is 5.45. The third-order valence-corrected chi connectivity index (χ3v) is 3.77. The number of rotatable bonds is 3. The van der Waals surface area contributed by atoms with E-state index in [1.54, 1.807) is 0 Å². The summed E-state index contributed by atoms with van der Waals surface area (Å²) in [6, 6.07) is 9.92. The average molecular weight is 289 g/mol. The van der Waals surface area contributed by atoms with Crippen molar-refractivity contribution in [2.45, 2.75) is 6.54 Å². The van der Waals surface area contributed by atoms with Crippen LogP contribution in [-0.4, -0.2) is 36.1 Å². The van der Waals surface area contributed by atoms with Gasteiger partial charge >= 0.3 is 0 Å². The maximum atomic E-state index is 13.1. The molecule has 0 spiro atoms. The Labute approximate surface area is 122 Å². The van der Waals surface area contributed by atoms with Crippen LogP contribution in [0, 0.1) is 11.8 Å². The Hall–Kier alpha value is -2.01. The number of benzene rings is 1. The molecule has 1 aromatic heterocycles. The van der Waals surface area contributed by atoms with E-state index in [-0.39, 0.29) is 5.82 Å². The highest BCUT2D eigenvalue weighted by Crippen LogP contribution is 2.17. The Kier molecular flexibility index (Phi) is 4.10. The van der Waals surface area contributed by atoms with Crippen LogP contribution in [-0.2, 0) is 6.54 Å². The topological polar surface area (TPSA) is 19.4 Å². The quantitative estimate of drug-likeness (QED) is 0.810. The lowest BCUT2D eigenvalue weighted by Crippen LogP contribution is -2.46. The highest BCUT2D eigenvalue weighted by atomic mass is 19.1. The molecule has 5 heteroatoms. The van der Waals surface area contributed by atoms with Crippen molar-refractivity contribution in [3.8, 4) is 0 Å². The molecular weight excluding hydrogens is 272 g/mol. The van der Waals surface area contributed by atoms with Gasteiger partial charge in [0.2, 0.25) is 5.95 Å². The van der Waals surface area contributed by atoms with Crippen molar-refractivity contribution in [2.24, 2.45) is 0 Å². The second-order valence-electron chi connectivity index (χ2n) is 5.23. The molecule has 21 heavy (non-hydrogen) atoms. The lowest BCUT2D eigenvalue weighted by atomic mass is 10.2. The lowest BCUT2D eigenvalue weighted by molar-refractivity contribution is 0.249. The minimum atomic E-state index is -0.443. The van der Waals surface area contributed by atoms with E-state index in [1.165, 1.54) is 24.4 Å². The fourth-order valence-corrected chi connectivity index (χ4v) is 2.60. The summed E-state index contributed by atoms with van der Waals surface area (Å²) < 4.78 is 26.0. The molecule has 0 atom stereocenters. The minimum Gasteiger partial charge on any atom is -0.369 e. The van der Waals surface area contributed by atoms with Crippen LogP contribution in [0.3, 0.4) is 0 Å². The molecule has 1 saturated heterocycles. The number of piperazine rings is 1. The lowest BCUT2D eigenvalue weighted by Gasteiger charge is -2.36. The molecule has 110 valence electrons. The fraction of sp³-hybridized carbons (Fsp3) is 0.312. The third-order valence-electron chi connectivity index (χ3n) is 3.77. The molecule has 0 saturated carbocycles. The minimum absolute atomic E-state index is 0.205. The first-order valence-electron chi connectivity index (χ1n) is 7.04.